The number of phenolic OH excluding ortho intramolecular Hbond substituents is 1. The van der Waals surface area contributed by atoms with Gasteiger partial charge in [0.15, 0.2) is 0 Å². The van der Waals surface area contributed by atoms with Crippen LogP contribution >= 0.6 is 11.6 Å². The zero-order chi connectivity index (χ0) is 11.5. The zero-order valence-electron chi connectivity index (χ0n) is 8.65. The van der Waals surface area contributed by atoms with Crippen LogP contribution in [0.15, 0.2) is 42.5 Å². The number of aromatic hydroxyl groups is 1. The highest BCUT2D eigenvalue weighted by Gasteiger charge is 2.04. The van der Waals surface area contributed by atoms with Gasteiger partial charge in [-0.2, -0.15) is 0 Å². The van der Waals surface area contributed by atoms with E-state index in [0.29, 0.717) is 12.1 Å². The van der Waals surface area contributed by atoms with Crippen molar-refractivity contribution in [2.24, 2.45) is 0 Å². The molecule has 0 spiro atoms. The molecule has 16 heavy (non-hydrogen) atoms. The lowest BCUT2D eigenvalue weighted by atomic mass is 10.0. The minimum absolute atomic E-state index is 0.181. The summed E-state index contributed by atoms with van der Waals surface area (Å²) in [5.74, 6) is 0.181. The van der Waals surface area contributed by atoms with E-state index in [0.717, 1.165) is 16.1 Å². The lowest BCUT2D eigenvalue weighted by Crippen LogP contribution is -1.95. The average Bonchev–Trinajstić information content (AvgIpc) is 2.25. The van der Waals surface area contributed by atoms with E-state index in [2.05, 4.69) is 0 Å². The van der Waals surface area contributed by atoms with Crippen LogP contribution in [0.5, 0.6) is 5.75 Å². The maximum atomic E-state index is 9.25. The normalized spacial score (nSPS) is 10.3. The molecule has 0 saturated heterocycles. The Morgan fingerprint density at radius 3 is 2.50 bits per heavy atom. The number of anilines is 1. The van der Waals surface area contributed by atoms with Gasteiger partial charge in [0.25, 0.3) is 0 Å². The van der Waals surface area contributed by atoms with Crippen molar-refractivity contribution in [2.75, 3.05) is 5.73 Å². The first-order chi connectivity index (χ1) is 7.66. The van der Waals surface area contributed by atoms with Crippen LogP contribution in [-0.4, -0.2) is 5.11 Å². The Kier molecular flexibility index (Phi) is 3.02. The summed E-state index contributed by atoms with van der Waals surface area (Å²) < 4.78 is 0. The van der Waals surface area contributed by atoms with Gasteiger partial charge in [-0.3, -0.25) is 0 Å². The second-order valence-electron chi connectivity index (χ2n) is 3.65. The molecular formula is C13H12ClNO. The Hall–Kier alpha value is -1.67. The summed E-state index contributed by atoms with van der Waals surface area (Å²) in [5.41, 5.74) is 8.39. The third-order valence-corrected chi connectivity index (χ3v) is 2.84. The standard InChI is InChI=1S/C13H12ClNO/c14-12-4-2-1-3-9(12)7-10-5-6-11(16)8-13(10)15/h1-6,8,16H,7,15H2. The molecule has 0 aliphatic heterocycles. The Bertz CT molecular complexity index is 511. The minimum Gasteiger partial charge on any atom is -0.508 e. The highest BCUT2D eigenvalue weighted by atomic mass is 35.5. The fourth-order valence-corrected chi connectivity index (χ4v) is 1.79. The fraction of sp³-hybridized carbons (Fsp3) is 0.0769. The van der Waals surface area contributed by atoms with Crippen LogP contribution < -0.4 is 5.73 Å². The maximum Gasteiger partial charge on any atom is 0.117 e. The van der Waals surface area contributed by atoms with E-state index in [1.807, 2.05) is 30.3 Å². The van der Waals surface area contributed by atoms with Crippen LogP contribution in [0.1, 0.15) is 11.1 Å². The Balaban J connectivity index is 2.31. The molecule has 0 saturated carbocycles. The predicted octanol–water partition coefficient (Wildman–Crippen LogP) is 3.22. The number of halogens is 1. The first-order valence-corrected chi connectivity index (χ1v) is 5.35. The third kappa shape index (κ3) is 2.28. The van der Waals surface area contributed by atoms with E-state index in [4.69, 9.17) is 17.3 Å². The second-order valence-corrected chi connectivity index (χ2v) is 4.06. The summed E-state index contributed by atoms with van der Waals surface area (Å²) >= 11 is 6.07. The van der Waals surface area contributed by atoms with Gasteiger partial charge < -0.3 is 10.8 Å². The SMILES string of the molecule is Nc1cc(O)ccc1Cc1ccccc1Cl. The van der Waals surface area contributed by atoms with Gasteiger partial charge in [0.1, 0.15) is 5.75 Å². The van der Waals surface area contributed by atoms with Gasteiger partial charge in [0.05, 0.1) is 0 Å². The summed E-state index contributed by atoms with van der Waals surface area (Å²) in [6, 6.07) is 12.6. The van der Waals surface area contributed by atoms with Crippen molar-refractivity contribution < 1.29 is 5.11 Å². The van der Waals surface area contributed by atoms with Crippen LogP contribution in [0, 0.1) is 0 Å². The molecule has 0 radical (unpaired) electrons. The zero-order valence-corrected chi connectivity index (χ0v) is 9.41. The van der Waals surface area contributed by atoms with E-state index in [-0.39, 0.29) is 5.75 Å². The molecule has 0 fully saturated rings. The maximum absolute atomic E-state index is 9.25. The summed E-state index contributed by atoms with van der Waals surface area (Å²) in [7, 11) is 0. The van der Waals surface area contributed by atoms with Crippen LogP contribution in [-0.2, 0) is 6.42 Å². The number of phenols is 1. The van der Waals surface area contributed by atoms with Crippen molar-refractivity contribution in [3.05, 3.63) is 58.6 Å². The van der Waals surface area contributed by atoms with E-state index in [1.165, 1.54) is 0 Å². The van der Waals surface area contributed by atoms with Crippen molar-refractivity contribution in [2.45, 2.75) is 6.42 Å². The van der Waals surface area contributed by atoms with E-state index in [1.54, 1.807) is 12.1 Å². The predicted molar refractivity (Wildman–Crippen MR) is 66.8 cm³/mol. The van der Waals surface area contributed by atoms with E-state index < -0.39 is 0 Å². The molecule has 2 aromatic carbocycles. The fourth-order valence-electron chi connectivity index (χ4n) is 1.59. The molecule has 82 valence electrons. The van der Waals surface area contributed by atoms with Crippen molar-refractivity contribution in [3.63, 3.8) is 0 Å². The highest BCUT2D eigenvalue weighted by Crippen LogP contribution is 2.24. The van der Waals surface area contributed by atoms with Gasteiger partial charge in [-0.05, 0) is 23.3 Å². The van der Waals surface area contributed by atoms with E-state index in [9.17, 15) is 5.11 Å². The molecule has 0 unspecified atom stereocenters. The lowest BCUT2D eigenvalue weighted by molar-refractivity contribution is 0.475. The molecule has 0 bridgehead atoms. The van der Waals surface area contributed by atoms with Gasteiger partial charge in [-0.25, -0.2) is 0 Å². The monoisotopic (exact) mass is 233 g/mol. The Morgan fingerprint density at radius 1 is 1.06 bits per heavy atom. The number of benzene rings is 2. The molecule has 3 N–H and O–H groups in total. The van der Waals surface area contributed by atoms with Crippen molar-refractivity contribution in [1.29, 1.82) is 0 Å². The van der Waals surface area contributed by atoms with Crippen molar-refractivity contribution in [1.82, 2.24) is 0 Å². The molecule has 0 amide bonds. The molecule has 2 rings (SSSR count). The molecule has 0 aliphatic rings. The summed E-state index contributed by atoms with van der Waals surface area (Å²) in [5, 5.41) is 9.98. The van der Waals surface area contributed by atoms with Crippen molar-refractivity contribution >= 4 is 17.3 Å². The highest BCUT2D eigenvalue weighted by molar-refractivity contribution is 6.31. The molecule has 0 aromatic heterocycles. The Labute approximate surface area is 99.3 Å². The van der Waals surface area contributed by atoms with Crippen LogP contribution in [0.2, 0.25) is 5.02 Å². The van der Waals surface area contributed by atoms with Gasteiger partial charge in [0.2, 0.25) is 0 Å². The summed E-state index contributed by atoms with van der Waals surface area (Å²) in [6.07, 6.45) is 0.672. The third-order valence-electron chi connectivity index (χ3n) is 2.47. The Morgan fingerprint density at radius 2 is 1.81 bits per heavy atom. The number of nitrogens with two attached hydrogens (primary N) is 1. The van der Waals surface area contributed by atoms with Crippen LogP contribution in [0.3, 0.4) is 0 Å². The molecule has 2 nitrogen and oxygen atoms in total. The number of hydrogen-bond donors (Lipinski definition) is 2. The van der Waals surface area contributed by atoms with Gasteiger partial charge >= 0.3 is 0 Å². The van der Waals surface area contributed by atoms with Crippen LogP contribution in [0.25, 0.3) is 0 Å². The van der Waals surface area contributed by atoms with Crippen molar-refractivity contribution in [3.8, 4) is 5.75 Å². The smallest absolute Gasteiger partial charge is 0.117 e. The topological polar surface area (TPSA) is 46.2 Å². The van der Waals surface area contributed by atoms with Gasteiger partial charge in [-0.1, -0.05) is 35.9 Å². The van der Waals surface area contributed by atoms with Gasteiger partial charge in [-0.15, -0.1) is 0 Å². The summed E-state index contributed by atoms with van der Waals surface area (Å²) in [4.78, 5) is 0. The number of hydrogen-bond acceptors (Lipinski definition) is 2. The summed E-state index contributed by atoms with van der Waals surface area (Å²) in [6.45, 7) is 0. The minimum atomic E-state index is 0.181. The largest absolute Gasteiger partial charge is 0.508 e. The quantitative estimate of drug-likeness (QED) is 0.783. The molecule has 3 heteroatoms. The molecular weight excluding hydrogens is 222 g/mol. The van der Waals surface area contributed by atoms with Gasteiger partial charge in [0, 0.05) is 23.2 Å². The number of rotatable bonds is 2. The molecule has 2 aromatic rings. The molecule has 0 aliphatic carbocycles. The first kappa shape index (κ1) is 10.8. The second kappa shape index (κ2) is 4.45. The van der Waals surface area contributed by atoms with E-state index >= 15 is 0 Å². The van der Waals surface area contributed by atoms with Crippen LogP contribution in [0.4, 0.5) is 5.69 Å². The molecule has 0 atom stereocenters. The lowest BCUT2D eigenvalue weighted by Gasteiger charge is -2.07. The first-order valence-electron chi connectivity index (χ1n) is 4.97. The number of nitrogen functional groups attached to an aromatic ring is 1. The molecule has 0 heterocycles. The average molecular weight is 234 g/mol.